The number of halogens is 1. The van der Waals surface area contributed by atoms with Gasteiger partial charge >= 0.3 is 5.82 Å². The Hall–Kier alpha value is -2.55. The van der Waals surface area contributed by atoms with Crippen LogP contribution >= 0.6 is 0 Å². The van der Waals surface area contributed by atoms with Crippen LogP contribution in [0.4, 0.5) is 0 Å². The largest absolute Gasteiger partial charge is 0.313 e. The SMILES string of the molecule is [O-][Cl+3]([O-])([O-])[O-].c1ccc(-c2n[nH]c3cc4ccccc4c[n+]23)cc1. The molecule has 122 valence electrons. The molecule has 0 aliphatic rings. The number of fused-ring (bicyclic) bond motifs is 2. The number of nitrogens with one attached hydrogen (secondary N) is 1. The Bertz CT molecular complexity index is 961. The van der Waals surface area contributed by atoms with Crippen LogP contribution in [0.2, 0.25) is 0 Å². The average Bonchev–Trinajstić information content (AvgIpc) is 2.94. The highest BCUT2D eigenvalue weighted by molar-refractivity contribution is 5.83. The maximum absolute atomic E-state index is 8.49. The van der Waals surface area contributed by atoms with Gasteiger partial charge in [0, 0.05) is 16.6 Å². The molecule has 0 unspecified atom stereocenters. The molecular weight excluding hydrogens is 334 g/mol. The van der Waals surface area contributed by atoms with Gasteiger partial charge in [0.2, 0.25) is 0 Å². The van der Waals surface area contributed by atoms with Crippen molar-refractivity contribution >= 4 is 16.4 Å². The molecule has 0 aliphatic carbocycles. The number of hydrogen-bond acceptors (Lipinski definition) is 5. The molecule has 4 rings (SSSR count). The first-order valence-corrected chi connectivity index (χ1v) is 8.11. The summed E-state index contributed by atoms with van der Waals surface area (Å²) in [5, 5.41) is 9.94. The highest BCUT2D eigenvalue weighted by Gasteiger charge is 2.15. The summed E-state index contributed by atoms with van der Waals surface area (Å²) < 4.78 is 36.1. The van der Waals surface area contributed by atoms with Crippen molar-refractivity contribution in [3.63, 3.8) is 0 Å². The number of hydrogen-bond donors (Lipinski definition) is 1. The number of H-pyrrole nitrogens is 1. The molecule has 1 N–H and O–H groups in total. The standard InChI is InChI=1S/C16H11N3.ClHO4/c1-2-6-12(7-3-1)16-18-17-15-10-13-8-4-5-9-14(13)11-19(15)16;2-1(3,4)5/h1-11H;(H,2,3,4,5). The van der Waals surface area contributed by atoms with E-state index in [1.165, 1.54) is 10.8 Å². The van der Waals surface area contributed by atoms with E-state index in [1.807, 2.05) is 24.3 Å². The van der Waals surface area contributed by atoms with E-state index in [2.05, 4.69) is 57.2 Å². The number of aromatic nitrogens is 3. The van der Waals surface area contributed by atoms with Gasteiger partial charge in [-0.15, -0.1) is 15.3 Å². The lowest BCUT2D eigenvalue weighted by molar-refractivity contribution is -2.00. The van der Waals surface area contributed by atoms with Gasteiger partial charge in [-0.3, -0.25) is 0 Å². The molecule has 0 saturated heterocycles. The zero-order chi connectivity index (χ0) is 17.2. The summed E-state index contributed by atoms with van der Waals surface area (Å²) in [5.74, 6) is 0.932. The lowest BCUT2D eigenvalue weighted by Gasteiger charge is -2.17. The minimum Gasteiger partial charge on any atom is -0.222 e. The molecule has 0 spiro atoms. The van der Waals surface area contributed by atoms with Crippen molar-refractivity contribution in [1.82, 2.24) is 10.2 Å². The zero-order valence-electron chi connectivity index (χ0n) is 12.3. The quantitative estimate of drug-likeness (QED) is 0.408. The first-order valence-electron chi connectivity index (χ1n) is 6.87. The summed E-state index contributed by atoms with van der Waals surface area (Å²) in [5.41, 5.74) is 2.10. The smallest absolute Gasteiger partial charge is 0.222 e. The second kappa shape index (κ2) is 6.52. The Morgan fingerprint density at radius 3 is 2.08 bits per heavy atom. The van der Waals surface area contributed by atoms with E-state index in [9.17, 15) is 0 Å². The molecule has 4 aromatic rings. The van der Waals surface area contributed by atoms with E-state index in [0.717, 1.165) is 17.0 Å². The lowest BCUT2D eigenvalue weighted by atomic mass is 10.1. The minimum atomic E-state index is -4.94. The lowest BCUT2D eigenvalue weighted by Crippen LogP contribution is -2.68. The summed E-state index contributed by atoms with van der Waals surface area (Å²) in [4.78, 5) is 0. The highest BCUT2D eigenvalue weighted by atomic mass is 35.7. The number of nitrogens with zero attached hydrogens (tertiary/aromatic N) is 2. The van der Waals surface area contributed by atoms with Crippen molar-refractivity contribution in [3.8, 4) is 11.4 Å². The van der Waals surface area contributed by atoms with Gasteiger partial charge in [0.05, 0.1) is 11.8 Å². The van der Waals surface area contributed by atoms with Crippen molar-refractivity contribution in [1.29, 1.82) is 0 Å². The van der Waals surface area contributed by atoms with Gasteiger partial charge in [0.1, 0.15) is 0 Å². The molecule has 0 amide bonds. The van der Waals surface area contributed by atoms with Gasteiger partial charge in [0.15, 0.2) is 0 Å². The number of aromatic amines is 1. The van der Waals surface area contributed by atoms with E-state index in [0.29, 0.717) is 0 Å². The van der Waals surface area contributed by atoms with Crippen LogP contribution in [0.5, 0.6) is 0 Å². The summed E-state index contributed by atoms with van der Waals surface area (Å²) in [7, 11) is -4.94. The molecule has 2 aromatic carbocycles. The summed E-state index contributed by atoms with van der Waals surface area (Å²) in [6.45, 7) is 0. The third-order valence-corrected chi connectivity index (χ3v) is 3.35. The predicted octanol–water partition coefficient (Wildman–Crippen LogP) is -1.79. The maximum atomic E-state index is 8.49. The molecule has 0 fully saturated rings. The minimum absolute atomic E-state index is 0.932. The zero-order valence-corrected chi connectivity index (χ0v) is 13.0. The van der Waals surface area contributed by atoms with Crippen LogP contribution in [0.1, 0.15) is 0 Å². The third kappa shape index (κ3) is 3.85. The molecule has 0 aliphatic heterocycles. The molecule has 2 heterocycles. The summed E-state index contributed by atoms with van der Waals surface area (Å²) in [6, 6.07) is 20.6. The Kier molecular flexibility index (Phi) is 4.43. The second-order valence-corrected chi connectivity index (χ2v) is 5.70. The molecule has 24 heavy (non-hydrogen) atoms. The first kappa shape index (κ1) is 16.3. The maximum Gasteiger partial charge on any atom is 0.313 e. The highest BCUT2D eigenvalue weighted by Crippen LogP contribution is 2.16. The van der Waals surface area contributed by atoms with Gasteiger partial charge in [-0.2, -0.15) is 4.40 Å². The normalized spacial score (nSPS) is 11.3. The molecule has 0 saturated carbocycles. The van der Waals surface area contributed by atoms with Crippen LogP contribution in [-0.2, 0) is 0 Å². The molecule has 8 heteroatoms. The Morgan fingerprint density at radius 2 is 1.42 bits per heavy atom. The van der Waals surface area contributed by atoms with Gasteiger partial charge in [-0.25, -0.2) is 18.6 Å². The monoisotopic (exact) mass is 345 g/mol. The van der Waals surface area contributed by atoms with Gasteiger partial charge in [-0.05, 0) is 17.5 Å². The summed E-state index contributed by atoms with van der Waals surface area (Å²) in [6.07, 6.45) is 2.12. The van der Waals surface area contributed by atoms with Crippen LogP contribution in [0.25, 0.3) is 27.8 Å². The second-order valence-electron chi connectivity index (χ2n) is 4.95. The number of rotatable bonds is 1. The third-order valence-electron chi connectivity index (χ3n) is 3.35. The Morgan fingerprint density at radius 1 is 0.833 bits per heavy atom. The fourth-order valence-corrected chi connectivity index (χ4v) is 2.40. The van der Waals surface area contributed by atoms with Crippen molar-refractivity contribution < 1.29 is 33.3 Å². The van der Waals surface area contributed by atoms with Crippen molar-refractivity contribution in [2.75, 3.05) is 0 Å². The topological polar surface area (TPSA) is 125 Å². The van der Waals surface area contributed by atoms with Crippen LogP contribution < -0.4 is 23.0 Å². The number of pyridine rings is 1. The fourth-order valence-electron chi connectivity index (χ4n) is 2.40. The summed E-state index contributed by atoms with van der Waals surface area (Å²) >= 11 is 0. The van der Waals surface area contributed by atoms with E-state index < -0.39 is 10.2 Å². The van der Waals surface area contributed by atoms with Gasteiger partial charge in [-0.1, -0.05) is 42.5 Å². The predicted molar refractivity (Wildman–Crippen MR) is 74.7 cm³/mol. The van der Waals surface area contributed by atoms with E-state index in [4.69, 9.17) is 18.6 Å². The number of benzene rings is 2. The molecule has 0 bridgehead atoms. The van der Waals surface area contributed by atoms with Crippen LogP contribution in [0, 0.1) is 10.2 Å². The van der Waals surface area contributed by atoms with Gasteiger partial charge < -0.3 is 0 Å². The van der Waals surface area contributed by atoms with E-state index >= 15 is 0 Å². The molecule has 2 aromatic heterocycles. The molecule has 0 atom stereocenters. The molecule has 7 nitrogen and oxygen atoms in total. The van der Waals surface area contributed by atoms with E-state index in [1.54, 1.807) is 0 Å². The van der Waals surface area contributed by atoms with Crippen molar-refractivity contribution in [2.24, 2.45) is 0 Å². The first-order chi connectivity index (χ1) is 11.4. The Labute approximate surface area is 138 Å². The van der Waals surface area contributed by atoms with Crippen molar-refractivity contribution in [2.45, 2.75) is 0 Å². The van der Waals surface area contributed by atoms with Crippen LogP contribution in [-0.4, -0.2) is 10.2 Å². The van der Waals surface area contributed by atoms with Crippen molar-refractivity contribution in [3.05, 3.63) is 66.9 Å². The molecular formula is C16H12ClN3O4. The average molecular weight is 346 g/mol. The van der Waals surface area contributed by atoms with Crippen LogP contribution in [0.3, 0.4) is 0 Å². The van der Waals surface area contributed by atoms with Gasteiger partial charge in [0.25, 0.3) is 5.65 Å². The van der Waals surface area contributed by atoms with E-state index in [-0.39, 0.29) is 0 Å². The fraction of sp³-hybridized carbons (Fsp3) is 0. The Balaban J connectivity index is 0.000000300. The molecule has 0 radical (unpaired) electrons. The van der Waals surface area contributed by atoms with Crippen LogP contribution in [0.15, 0.2) is 66.9 Å².